The van der Waals surface area contributed by atoms with E-state index in [2.05, 4.69) is 35.3 Å². The molecule has 4 nitrogen and oxygen atoms in total. The molecule has 0 aromatic heterocycles. The van der Waals surface area contributed by atoms with Gasteiger partial charge < -0.3 is 10.2 Å². The molecule has 0 bridgehead atoms. The summed E-state index contributed by atoms with van der Waals surface area (Å²) in [4.78, 5) is 2.23. The van der Waals surface area contributed by atoms with Gasteiger partial charge in [0.25, 0.3) is 0 Å². The van der Waals surface area contributed by atoms with Crippen LogP contribution >= 0.6 is 0 Å². The molecule has 2 aliphatic heterocycles. The maximum Gasteiger partial charge on any atom is 0.154 e. The fourth-order valence-corrected chi connectivity index (χ4v) is 4.17. The Labute approximate surface area is 102 Å². The van der Waals surface area contributed by atoms with Crippen LogP contribution < -0.4 is 10.2 Å². The third-order valence-electron chi connectivity index (χ3n) is 3.52. The monoisotopic (exact) mass is 252 g/mol. The summed E-state index contributed by atoms with van der Waals surface area (Å²) in [5.41, 5.74) is 3.49. The fraction of sp³-hybridized carbons (Fsp3) is 0.500. The molecule has 0 saturated carbocycles. The van der Waals surface area contributed by atoms with E-state index < -0.39 is 9.84 Å². The highest BCUT2D eigenvalue weighted by Gasteiger charge is 2.34. The Morgan fingerprint density at radius 3 is 3.06 bits per heavy atom. The molecule has 1 aromatic carbocycles. The van der Waals surface area contributed by atoms with Crippen molar-refractivity contribution in [2.45, 2.75) is 13.0 Å². The topological polar surface area (TPSA) is 49.4 Å². The molecule has 1 N–H and O–H groups in total. The molecular weight excluding hydrogens is 236 g/mol. The summed E-state index contributed by atoms with van der Waals surface area (Å²) in [5, 5.41) is 3.33. The second-order valence-electron chi connectivity index (χ2n) is 4.86. The van der Waals surface area contributed by atoms with Crippen molar-refractivity contribution >= 4 is 21.2 Å². The summed E-state index contributed by atoms with van der Waals surface area (Å²) in [6.07, 6.45) is 0. The Hall–Kier alpha value is -1.23. The summed E-state index contributed by atoms with van der Waals surface area (Å²) in [6, 6.07) is 6.37. The van der Waals surface area contributed by atoms with Crippen molar-refractivity contribution in [3.63, 3.8) is 0 Å². The van der Waals surface area contributed by atoms with Crippen LogP contribution in [-0.2, 0) is 9.84 Å². The summed E-state index contributed by atoms with van der Waals surface area (Å²) < 4.78 is 23.2. The van der Waals surface area contributed by atoms with E-state index in [0.717, 1.165) is 17.9 Å². The Bertz CT molecular complexity index is 554. The molecule has 3 rings (SSSR count). The van der Waals surface area contributed by atoms with Gasteiger partial charge in [-0.15, -0.1) is 0 Å². The zero-order valence-corrected chi connectivity index (χ0v) is 10.6. The van der Waals surface area contributed by atoms with Gasteiger partial charge in [-0.05, 0) is 24.6 Å². The summed E-state index contributed by atoms with van der Waals surface area (Å²) >= 11 is 0. The number of rotatable bonds is 0. The van der Waals surface area contributed by atoms with E-state index >= 15 is 0 Å². The van der Waals surface area contributed by atoms with E-state index in [4.69, 9.17) is 0 Å². The average molecular weight is 252 g/mol. The molecule has 17 heavy (non-hydrogen) atoms. The Balaban J connectivity index is 1.98. The number of hydrogen-bond donors (Lipinski definition) is 1. The molecular formula is C12H16N2O2S. The number of aryl methyl sites for hydroxylation is 1. The minimum absolute atomic E-state index is 0.0870. The van der Waals surface area contributed by atoms with Crippen molar-refractivity contribution in [3.8, 4) is 0 Å². The SMILES string of the molecule is Cc1ccc2c(c1)NCC1CS(=O)(=O)CCN21. The molecule has 2 heterocycles. The van der Waals surface area contributed by atoms with Crippen molar-refractivity contribution in [2.24, 2.45) is 0 Å². The molecule has 0 aliphatic carbocycles. The van der Waals surface area contributed by atoms with E-state index in [1.54, 1.807) is 0 Å². The minimum atomic E-state index is -2.85. The molecule has 92 valence electrons. The molecule has 0 spiro atoms. The van der Waals surface area contributed by atoms with Crippen molar-refractivity contribution < 1.29 is 8.42 Å². The van der Waals surface area contributed by atoms with Crippen LogP contribution in [0.5, 0.6) is 0 Å². The van der Waals surface area contributed by atoms with Gasteiger partial charge in [0.2, 0.25) is 0 Å². The van der Waals surface area contributed by atoms with Crippen LogP contribution in [0.3, 0.4) is 0 Å². The lowest BCUT2D eigenvalue weighted by Gasteiger charge is -2.42. The van der Waals surface area contributed by atoms with Crippen LogP contribution in [0.2, 0.25) is 0 Å². The molecule has 5 heteroatoms. The lowest BCUT2D eigenvalue weighted by atomic mass is 10.1. The van der Waals surface area contributed by atoms with Crippen LogP contribution in [0, 0.1) is 6.92 Å². The normalized spacial score (nSPS) is 25.7. The number of anilines is 2. The Morgan fingerprint density at radius 2 is 2.24 bits per heavy atom. The molecule has 1 atom stereocenters. The summed E-state index contributed by atoms with van der Waals surface area (Å²) in [5.74, 6) is 0.546. The van der Waals surface area contributed by atoms with E-state index in [-0.39, 0.29) is 17.5 Å². The van der Waals surface area contributed by atoms with Gasteiger partial charge in [-0.25, -0.2) is 8.42 Å². The van der Waals surface area contributed by atoms with E-state index in [1.165, 1.54) is 5.56 Å². The second-order valence-corrected chi connectivity index (χ2v) is 7.09. The van der Waals surface area contributed by atoms with Gasteiger partial charge in [0.15, 0.2) is 9.84 Å². The molecule has 1 aromatic rings. The first-order valence-corrected chi connectivity index (χ1v) is 7.69. The van der Waals surface area contributed by atoms with Gasteiger partial charge in [-0.3, -0.25) is 0 Å². The summed E-state index contributed by atoms with van der Waals surface area (Å²) in [7, 11) is -2.85. The standard InChI is InChI=1S/C12H16N2O2S/c1-9-2-3-12-11(6-9)13-7-10-8-17(15,16)5-4-14(10)12/h2-3,6,10,13H,4-5,7-8H2,1H3. The van der Waals surface area contributed by atoms with Gasteiger partial charge in [0.1, 0.15) is 0 Å². The Morgan fingerprint density at radius 1 is 1.41 bits per heavy atom. The quantitative estimate of drug-likeness (QED) is 0.749. The second kappa shape index (κ2) is 3.63. The van der Waals surface area contributed by atoms with Gasteiger partial charge in [-0.1, -0.05) is 6.07 Å². The Kier molecular flexibility index (Phi) is 2.33. The zero-order chi connectivity index (χ0) is 12.0. The van der Waals surface area contributed by atoms with Gasteiger partial charge in [0.05, 0.1) is 28.9 Å². The first-order chi connectivity index (χ1) is 8.05. The predicted molar refractivity (Wildman–Crippen MR) is 69.5 cm³/mol. The largest absolute Gasteiger partial charge is 0.381 e. The van der Waals surface area contributed by atoms with Crippen molar-refractivity contribution in [1.82, 2.24) is 0 Å². The predicted octanol–water partition coefficient (Wildman–Crippen LogP) is 1.02. The number of benzene rings is 1. The summed E-state index contributed by atoms with van der Waals surface area (Å²) in [6.45, 7) is 3.40. The van der Waals surface area contributed by atoms with Gasteiger partial charge >= 0.3 is 0 Å². The first-order valence-electron chi connectivity index (χ1n) is 5.87. The third-order valence-corrected chi connectivity index (χ3v) is 5.22. The highest BCUT2D eigenvalue weighted by molar-refractivity contribution is 7.91. The van der Waals surface area contributed by atoms with Crippen LogP contribution in [0.25, 0.3) is 0 Å². The molecule has 1 unspecified atom stereocenters. The molecule has 0 amide bonds. The van der Waals surface area contributed by atoms with Gasteiger partial charge in [-0.2, -0.15) is 0 Å². The lowest BCUT2D eigenvalue weighted by molar-refractivity contribution is 0.559. The van der Waals surface area contributed by atoms with Crippen LogP contribution in [0.4, 0.5) is 11.4 Å². The molecule has 1 fully saturated rings. The maximum absolute atomic E-state index is 11.6. The van der Waals surface area contributed by atoms with E-state index in [1.807, 2.05) is 0 Å². The zero-order valence-electron chi connectivity index (χ0n) is 9.81. The number of sulfone groups is 1. The third kappa shape index (κ3) is 1.88. The fourth-order valence-electron chi connectivity index (χ4n) is 2.64. The molecule has 2 aliphatic rings. The maximum atomic E-state index is 11.6. The molecule has 0 radical (unpaired) electrons. The van der Waals surface area contributed by atoms with Crippen LogP contribution in [0.15, 0.2) is 18.2 Å². The highest BCUT2D eigenvalue weighted by Crippen LogP contribution is 2.34. The number of hydrogen-bond acceptors (Lipinski definition) is 4. The van der Waals surface area contributed by atoms with Crippen LogP contribution in [0.1, 0.15) is 5.56 Å². The van der Waals surface area contributed by atoms with Gasteiger partial charge in [0, 0.05) is 13.1 Å². The average Bonchev–Trinajstić information content (AvgIpc) is 2.27. The minimum Gasteiger partial charge on any atom is -0.381 e. The molecule has 1 saturated heterocycles. The first kappa shape index (κ1) is 10.9. The highest BCUT2D eigenvalue weighted by atomic mass is 32.2. The van der Waals surface area contributed by atoms with E-state index in [0.29, 0.717) is 6.54 Å². The number of nitrogens with one attached hydrogen (secondary N) is 1. The van der Waals surface area contributed by atoms with Crippen molar-refractivity contribution in [3.05, 3.63) is 23.8 Å². The number of fused-ring (bicyclic) bond motifs is 3. The number of nitrogens with zero attached hydrogens (tertiary/aromatic N) is 1. The van der Waals surface area contributed by atoms with Crippen LogP contribution in [-0.4, -0.2) is 39.1 Å². The van der Waals surface area contributed by atoms with Crippen molar-refractivity contribution in [1.29, 1.82) is 0 Å². The van der Waals surface area contributed by atoms with E-state index in [9.17, 15) is 8.42 Å². The smallest absolute Gasteiger partial charge is 0.154 e. The van der Waals surface area contributed by atoms with Crippen molar-refractivity contribution in [2.75, 3.05) is 34.8 Å². The lowest BCUT2D eigenvalue weighted by Crippen LogP contribution is -2.54.